The number of carbonyl (C=O) groups excluding carboxylic acids is 1. The number of carbonyl (C=O) groups is 2. The molecule has 2 atom stereocenters. The number of amides is 2. The Hall–Kier alpha value is -2.28. The van der Waals surface area contributed by atoms with Gasteiger partial charge in [0.1, 0.15) is 12.4 Å². The maximum Gasteiger partial charge on any atom is 0.333 e. The van der Waals surface area contributed by atoms with Crippen LogP contribution >= 0.6 is 0 Å². The van der Waals surface area contributed by atoms with Crippen LogP contribution in [-0.4, -0.2) is 60.5 Å². The fourth-order valence-electron chi connectivity index (χ4n) is 3.81. The lowest BCUT2D eigenvalue weighted by atomic mass is 10.1. The Bertz CT molecular complexity index is 673. The third kappa shape index (κ3) is 8.77. The first-order valence-corrected chi connectivity index (χ1v) is 11.5. The third-order valence-electron chi connectivity index (χ3n) is 5.84. The second-order valence-corrected chi connectivity index (χ2v) is 8.33. The van der Waals surface area contributed by atoms with Gasteiger partial charge in [-0.2, -0.15) is 0 Å². The van der Waals surface area contributed by atoms with Gasteiger partial charge in [0, 0.05) is 25.6 Å². The zero-order chi connectivity index (χ0) is 22.6. The third-order valence-corrected chi connectivity index (χ3v) is 5.84. The lowest BCUT2D eigenvalue weighted by molar-refractivity contribution is -0.149. The van der Waals surface area contributed by atoms with E-state index in [0.29, 0.717) is 37.8 Å². The highest BCUT2D eigenvalue weighted by Gasteiger charge is 2.23. The van der Waals surface area contributed by atoms with Crippen molar-refractivity contribution in [1.82, 2.24) is 10.2 Å². The van der Waals surface area contributed by atoms with Crippen LogP contribution in [0, 0.1) is 5.92 Å². The average Bonchev–Trinajstić information content (AvgIpc) is 3.26. The van der Waals surface area contributed by atoms with E-state index in [2.05, 4.69) is 12.2 Å². The van der Waals surface area contributed by atoms with Crippen LogP contribution in [0.2, 0.25) is 0 Å². The SMILES string of the molecule is CCOC(Cc1ccc(OCCN(CC2CCCC2)C(=O)NC(C)CC)cc1)C(=O)O. The van der Waals surface area contributed by atoms with E-state index in [0.717, 1.165) is 18.5 Å². The molecule has 0 aromatic heterocycles. The number of ether oxygens (including phenoxy) is 2. The molecule has 2 amide bonds. The minimum atomic E-state index is -0.958. The van der Waals surface area contributed by atoms with Gasteiger partial charge in [0.05, 0.1) is 6.54 Å². The van der Waals surface area contributed by atoms with E-state index in [1.807, 2.05) is 36.1 Å². The zero-order valence-electron chi connectivity index (χ0n) is 19.1. The van der Waals surface area contributed by atoms with Crippen LogP contribution < -0.4 is 10.1 Å². The minimum absolute atomic E-state index is 0.0177. The maximum atomic E-state index is 12.7. The Morgan fingerprint density at radius 1 is 1.19 bits per heavy atom. The van der Waals surface area contributed by atoms with Crippen molar-refractivity contribution >= 4 is 12.0 Å². The molecule has 1 aliphatic carbocycles. The fourth-order valence-corrected chi connectivity index (χ4v) is 3.81. The van der Waals surface area contributed by atoms with Crippen LogP contribution in [0.25, 0.3) is 0 Å². The van der Waals surface area contributed by atoms with Crippen LogP contribution in [0.5, 0.6) is 5.75 Å². The lowest BCUT2D eigenvalue weighted by Gasteiger charge is -2.27. The van der Waals surface area contributed by atoms with Crippen LogP contribution in [0.3, 0.4) is 0 Å². The average molecular weight is 435 g/mol. The summed E-state index contributed by atoms with van der Waals surface area (Å²) in [4.78, 5) is 25.8. The quantitative estimate of drug-likeness (QED) is 0.488. The van der Waals surface area contributed by atoms with Crippen LogP contribution in [0.4, 0.5) is 4.79 Å². The van der Waals surface area contributed by atoms with Gasteiger partial charge in [0.25, 0.3) is 0 Å². The molecule has 0 bridgehead atoms. The summed E-state index contributed by atoms with van der Waals surface area (Å²) in [5, 5.41) is 12.3. The minimum Gasteiger partial charge on any atom is -0.492 e. The predicted octanol–water partition coefficient (Wildman–Crippen LogP) is 4.10. The number of hydrogen-bond acceptors (Lipinski definition) is 4. The largest absolute Gasteiger partial charge is 0.492 e. The van der Waals surface area contributed by atoms with Gasteiger partial charge < -0.3 is 24.8 Å². The summed E-state index contributed by atoms with van der Waals surface area (Å²) in [7, 11) is 0. The summed E-state index contributed by atoms with van der Waals surface area (Å²) in [5.74, 6) is 0.324. The fraction of sp³-hybridized carbons (Fsp3) is 0.667. The number of carboxylic acids is 1. The van der Waals surface area contributed by atoms with Crippen molar-refractivity contribution in [2.75, 3.05) is 26.3 Å². The summed E-state index contributed by atoms with van der Waals surface area (Å²) in [5.41, 5.74) is 0.879. The highest BCUT2D eigenvalue weighted by Crippen LogP contribution is 2.25. The van der Waals surface area contributed by atoms with E-state index in [-0.39, 0.29) is 12.1 Å². The molecule has 1 fully saturated rings. The summed E-state index contributed by atoms with van der Waals surface area (Å²) in [6.07, 6.45) is 5.25. The number of nitrogens with one attached hydrogen (secondary N) is 1. The van der Waals surface area contributed by atoms with E-state index in [4.69, 9.17) is 9.47 Å². The number of nitrogens with zero attached hydrogens (tertiary/aromatic N) is 1. The standard InChI is InChI=1S/C24H38N2O5/c1-4-18(3)25-24(29)26(17-20-8-6-7-9-20)14-15-31-21-12-10-19(11-13-21)16-22(23(27)28)30-5-2/h10-13,18,20,22H,4-9,14-17H2,1-3H3,(H,25,29)(H,27,28). The van der Waals surface area contributed by atoms with E-state index >= 15 is 0 Å². The molecule has 2 N–H and O–H groups in total. The van der Waals surface area contributed by atoms with Crippen molar-refractivity contribution in [1.29, 1.82) is 0 Å². The van der Waals surface area contributed by atoms with E-state index in [1.54, 1.807) is 6.92 Å². The van der Waals surface area contributed by atoms with Crippen LogP contribution in [0.1, 0.15) is 58.4 Å². The van der Waals surface area contributed by atoms with Crippen LogP contribution in [-0.2, 0) is 16.0 Å². The smallest absolute Gasteiger partial charge is 0.333 e. The van der Waals surface area contributed by atoms with Crippen molar-refractivity contribution in [2.24, 2.45) is 5.92 Å². The molecule has 0 aliphatic heterocycles. The highest BCUT2D eigenvalue weighted by molar-refractivity contribution is 5.74. The first-order chi connectivity index (χ1) is 14.9. The Labute approximate surface area is 186 Å². The van der Waals surface area contributed by atoms with E-state index in [9.17, 15) is 14.7 Å². The molecular formula is C24H38N2O5. The number of rotatable bonds is 13. The summed E-state index contributed by atoms with van der Waals surface area (Å²) in [6.45, 7) is 7.95. The Balaban J connectivity index is 1.86. The van der Waals surface area contributed by atoms with Crippen LogP contribution in [0.15, 0.2) is 24.3 Å². The van der Waals surface area contributed by atoms with Crippen molar-refractivity contribution in [3.05, 3.63) is 29.8 Å². The highest BCUT2D eigenvalue weighted by atomic mass is 16.5. The zero-order valence-corrected chi connectivity index (χ0v) is 19.1. The van der Waals surface area contributed by atoms with Gasteiger partial charge in [-0.15, -0.1) is 0 Å². The molecule has 1 saturated carbocycles. The molecule has 0 spiro atoms. The molecule has 0 saturated heterocycles. The molecule has 1 aromatic carbocycles. The van der Waals surface area contributed by atoms with Gasteiger partial charge in [-0.1, -0.05) is 31.9 Å². The summed E-state index contributed by atoms with van der Waals surface area (Å²) >= 11 is 0. The van der Waals surface area contributed by atoms with Crippen molar-refractivity contribution in [2.45, 2.75) is 71.4 Å². The maximum absolute atomic E-state index is 12.7. The number of hydrogen-bond donors (Lipinski definition) is 2. The van der Waals surface area contributed by atoms with Gasteiger partial charge in [-0.3, -0.25) is 0 Å². The van der Waals surface area contributed by atoms with Crippen molar-refractivity contribution in [3.63, 3.8) is 0 Å². The summed E-state index contributed by atoms with van der Waals surface area (Å²) < 4.78 is 11.1. The Morgan fingerprint density at radius 2 is 1.87 bits per heavy atom. The molecule has 1 aliphatic rings. The number of carboxylic acid groups (broad SMARTS) is 1. The summed E-state index contributed by atoms with van der Waals surface area (Å²) in [6, 6.07) is 7.52. The van der Waals surface area contributed by atoms with Gasteiger partial charge >= 0.3 is 12.0 Å². The molecule has 1 aromatic rings. The molecular weight excluding hydrogens is 396 g/mol. The van der Waals surface area contributed by atoms with Gasteiger partial charge in [0.15, 0.2) is 6.10 Å². The second kappa shape index (κ2) is 13.2. The molecule has 174 valence electrons. The normalized spacial score (nSPS) is 16.0. The molecule has 7 nitrogen and oxygen atoms in total. The molecule has 7 heteroatoms. The molecule has 2 rings (SSSR count). The first kappa shape index (κ1) is 25.0. The van der Waals surface area contributed by atoms with Crippen molar-refractivity contribution < 1.29 is 24.2 Å². The van der Waals surface area contributed by atoms with Gasteiger partial charge in [-0.25, -0.2) is 9.59 Å². The number of aliphatic carboxylic acids is 1. The lowest BCUT2D eigenvalue weighted by Crippen LogP contribution is -2.46. The Morgan fingerprint density at radius 3 is 2.45 bits per heavy atom. The monoisotopic (exact) mass is 434 g/mol. The molecule has 0 heterocycles. The second-order valence-electron chi connectivity index (χ2n) is 8.33. The van der Waals surface area contributed by atoms with E-state index in [1.165, 1.54) is 25.7 Å². The molecule has 31 heavy (non-hydrogen) atoms. The van der Waals surface area contributed by atoms with Crippen molar-refractivity contribution in [3.8, 4) is 5.75 Å². The molecule has 2 unspecified atom stereocenters. The molecule has 0 radical (unpaired) electrons. The van der Waals surface area contributed by atoms with Gasteiger partial charge in [-0.05, 0) is 56.7 Å². The topological polar surface area (TPSA) is 88.1 Å². The first-order valence-electron chi connectivity index (χ1n) is 11.5. The number of benzene rings is 1. The Kier molecular flexibility index (Phi) is 10.6. The predicted molar refractivity (Wildman–Crippen MR) is 121 cm³/mol. The number of urea groups is 1. The van der Waals surface area contributed by atoms with E-state index < -0.39 is 12.1 Å². The van der Waals surface area contributed by atoms with Gasteiger partial charge in [0.2, 0.25) is 0 Å².